The molecule has 0 aliphatic heterocycles. The Morgan fingerprint density at radius 3 is 2.36 bits per heavy atom. The van der Waals surface area contributed by atoms with E-state index in [1.807, 2.05) is 42.5 Å². The van der Waals surface area contributed by atoms with Gasteiger partial charge in [0.15, 0.2) is 0 Å². The maximum Gasteiger partial charge on any atom is 0.232 e. The van der Waals surface area contributed by atoms with E-state index in [1.165, 1.54) is 15.3 Å². The number of rotatable bonds is 10. The molecule has 5 nitrogen and oxygen atoms in total. The molecule has 3 rings (SSSR count). The Labute approximate surface area is 209 Å². The van der Waals surface area contributed by atoms with Gasteiger partial charge in [0.25, 0.3) is 0 Å². The van der Waals surface area contributed by atoms with E-state index in [4.69, 9.17) is 23.2 Å². The van der Waals surface area contributed by atoms with Gasteiger partial charge in [-0.2, -0.15) is 0 Å². The summed E-state index contributed by atoms with van der Waals surface area (Å²) in [5, 5.41) is 3.51. The molecule has 174 valence electrons. The van der Waals surface area contributed by atoms with Crippen LogP contribution in [0.15, 0.2) is 77.7 Å². The number of carbonyl (C=O) groups is 1. The number of sulfonamides is 1. The monoisotopic (exact) mass is 522 g/mol. The quantitative estimate of drug-likeness (QED) is 0.309. The lowest BCUT2D eigenvalue weighted by Crippen LogP contribution is -2.31. The minimum Gasteiger partial charge on any atom is -0.326 e. The van der Waals surface area contributed by atoms with Crippen LogP contribution in [0, 0.1) is 0 Å². The predicted octanol–water partition coefficient (Wildman–Crippen LogP) is 6.47. The summed E-state index contributed by atoms with van der Waals surface area (Å²) in [6.07, 6.45) is 1.59. The van der Waals surface area contributed by atoms with E-state index in [2.05, 4.69) is 17.4 Å². The topological polar surface area (TPSA) is 66.5 Å². The van der Waals surface area contributed by atoms with Crippen molar-refractivity contribution in [3.05, 3.63) is 88.4 Å². The third-order valence-electron chi connectivity index (χ3n) is 4.73. The van der Waals surface area contributed by atoms with Gasteiger partial charge >= 0.3 is 0 Å². The van der Waals surface area contributed by atoms with Crippen molar-refractivity contribution >= 4 is 62.3 Å². The van der Waals surface area contributed by atoms with Crippen molar-refractivity contribution in [3.63, 3.8) is 0 Å². The summed E-state index contributed by atoms with van der Waals surface area (Å²) in [6.45, 7) is 0.113. The molecular weight excluding hydrogens is 499 g/mol. The highest BCUT2D eigenvalue weighted by molar-refractivity contribution is 7.98. The number of hydrogen-bond donors (Lipinski definition) is 1. The molecule has 0 aliphatic carbocycles. The Bertz CT molecular complexity index is 1190. The molecule has 0 aliphatic rings. The van der Waals surface area contributed by atoms with Crippen LogP contribution in [0.4, 0.5) is 11.4 Å². The van der Waals surface area contributed by atoms with Gasteiger partial charge in [-0.15, -0.1) is 11.8 Å². The van der Waals surface area contributed by atoms with Crippen LogP contribution in [-0.2, 0) is 20.6 Å². The molecular formula is C24H24Cl2N2O3S2. The van der Waals surface area contributed by atoms with Gasteiger partial charge in [0.1, 0.15) is 0 Å². The van der Waals surface area contributed by atoms with E-state index in [9.17, 15) is 13.2 Å². The summed E-state index contributed by atoms with van der Waals surface area (Å²) in [5.74, 6) is 0.651. The second-order valence-electron chi connectivity index (χ2n) is 7.38. The molecule has 0 fully saturated rings. The molecule has 0 spiro atoms. The minimum absolute atomic E-state index is 0.113. The Kier molecular flexibility index (Phi) is 9.09. The summed E-state index contributed by atoms with van der Waals surface area (Å²) >= 11 is 13.9. The van der Waals surface area contributed by atoms with Crippen molar-refractivity contribution in [3.8, 4) is 0 Å². The van der Waals surface area contributed by atoms with Gasteiger partial charge in [-0.1, -0.05) is 53.5 Å². The number of thioether (sulfide) groups is 1. The van der Waals surface area contributed by atoms with Crippen LogP contribution in [0.5, 0.6) is 0 Å². The van der Waals surface area contributed by atoms with E-state index < -0.39 is 10.0 Å². The van der Waals surface area contributed by atoms with Crippen LogP contribution < -0.4 is 9.62 Å². The molecule has 0 aromatic heterocycles. The maximum absolute atomic E-state index is 12.4. The van der Waals surface area contributed by atoms with Gasteiger partial charge in [-0.25, -0.2) is 8.42 Å². The third-order valence-corrected chi connectivity index (χ3v) is 7.55. The van der Waals surface area contributed by atoms with Crippen LogP contribution in [0.25, 0.3) is 0 Å². The molecule has 0 heterocycles. The molecule has 9 heteroatoms. The standard InChI is InChI=1S/C24H24Cl2N2O3S2/c1-33(30,31)28(23-16-19(25)11-14-22(23)26)15-5-8-24(29)27-20-12-9-18(10-13-20)17-32-21-6-3-2-4-7-21/h2-4,6-7,9-14,16H,5,8,15,17H2,1H3,(H,27,29). The lowest BCUT2D eigenvalue weighted by molar-refractivity contribution is -0.116. The summed E-state index contributed by atoms with van der Waals surface area (Å²) in [5.41, 5.74) is 2.16. The highest BCUT2D eigenvalue weighted by atomic mass is 35.5. The highest BCUT2D eigenvalue weighted by Gasteiger charge is 2.20. The fourth-order valence-electron chi connectivity index (χ4n) is 3.12. The summed E-state index contributed by atoms with van der Waals surface area (Å²) < 4.78 is 25.7. The van der Waals surface area contributed by atoms with Gasteiger partial charge in [0, 0.05) is 34.3 Å². The zero-order valence-electron chi connectivity index (χ0n) is 18.0. The molecule has 1 amide bonds. The first kappa shape index (κ1) is 25.4. The van der Waals surface area contributed by atoms with Crippen LogP contribution >= 0.6 is 35.0 Å². The van der Waals surface area contributed by atoms with Crippen LogP contribution in [0.1, 0.15) is 18.4 Å². The van der Waals surface area contributed by atoms with E-state index in [1.54, 1.807) is 23.9 Å². The number of halogens is 2. The van der Waals surface area contributed by atoms with Crippen LogP contribution in [0.2, 0.25) is 10.0 Å². The van der Waals surface area contributed by atoms with Crippen molar-refractivity contribution in [2.24, 2.45) is 0 Å². The Balaban J connectivity index is 1.51. The van der Waals surface area contributed by atoms with Crippen molar-refractivity contribution in [1.29, 1.82) is 0 Å². The summed E-state index contributed by atoms with van der Waals surface area (Å²) in [6, 6.07) is 22.5. The normalized spacial score (nSPS) is 11.2. The maximum atomic E-state index is 12.4. The number of nitrogens with one attached hydrogen (secondary N) is 1. The highest BCUT2D eigenvalue weighted by Crippen LogP contribution is 2.31. The molecule has 0 saturated carbocycles. The van der Waals surface area contributed by atoms with Crippen LogP contribution in [-0.4, -0.2) is 27.1 Å². The van der Waals surface area contributed by atoms with Gasteiger partial charge in [-0.05, 0) is 54.4 Å². The molecule has 3 aromatic rings. The molecule has 1 N–H and O–H groups in total. The lowest BCUT2D eigenvalue weighted by atomic mass is 10.2. The Morgan fingerprint density at radius 2 is 1.70 bits per heavy atom. The number of amides is 1. The smallest absolute Gasteiger partial charge is 0.232 e. The Hall–Kier alpha value is -2.19. The van der Waals surface area contributed by atoms with Crippen molar-refractivity contribution < 1.29 is 13.2 Å². The molecule has 33 heavy (non-hydrogen) atoms. The van der Waals surface area contributed by atoms with E-state index in [0.29, 0.717) is 22.8 Å². The van der Waals surface area contributed by atoms with Gasteiger partial charge < -0.3 is 5.32 Å². The number of hydrogen-bond acceptors (Lipinski definition) is 4. The SMILES string of the molecule is CS(=O)(=O)N(CCCC(=O)Nc1ccc(CSc2ccccc2)cc1)c1cc(Cl)ccc1Cl. The number of nitrogens with zero attached hydrogens (tertiary/aromatic N) is 1. The van der Waals surface area contributed by atoms with Crippen molar-refractivity contribution in [2.75, 3.05) is 22.4 Å². The van der Waals surface area contributed by atoms with Gasteiger partial charge in [0.2, 0.25) is 15.9 Å². The lowest BCUT2D eigenvalue weighted by Gasteiger charge is -2.23. The number of carbonyl (C=O) groups excluding carboxylic acids is 1. The molecule has 0 radical (unpaired) electrons. The average Bonchev–Trinajstić information content (AvgIpc) is 2.78. The zero-order chi connectivity index (χ0) is 23.8. The number of anilines is 2. The zero-order valence-corrected chi connectivity index (χ0v) is 21.1. The fraction of sp³-hybridized carbons (Fsp3) is 0.208. The van der Waals surface area contributed by atoms with E-state index in [0.717, 1.165) is 17.6 Å². The van der Waals surface area contributed by atoms with Crippen LogP contribution in [0.3, 0.4) is 0 Å². The summed E-state index contributed by atoms with van der Waals surface area (Å²) in [4.78, 5) is 13.6. The molecule has 0 unspecified atom stereocenters. The van der Waals surface area contributed by atoms with Crippen molar-refractivity contribution in [2.45, 2.75) is 23.5 Å². The van der Waals surface area contributed by atoms with Gasteiger partial charge in [-0.3, -0.25) is 9.10 Å². The summed E-state index contributed by atoms with van der Waals surface area (Å²) in [7, 11) is -3.59. The second-order valence-corrected chi connectivity index (χ2v) is 11.2. The first-order valence-corrected chi connectivity index (χ1v) is 13.8. The first-order valence-electron chi connectivity index (χ1n) is 10.2. The first-order chi connectivity index (χ1) is 15.7. The fourth-order valence-corrected chi connectivity index (χ4v) is 5.40. The van der Waals surface area contributed by atoms with E-state index in [-0.39, 0.29) is 23.9 Å². The average molecular weight is 524 g/mol. The second kappa shape index (κ2) is 11.8. The minimum atomic E-state index is -3.59. The Morgan fingerprint density at radius 1 is 1.00 bits per heavy atom. The van der Waals surface area contributed by atoms with Gasteiger partial charge in [0.05, 0.1) is 17.0 Å². The molecule has 0 bridgehead atoms. The molecule has 3 aromatic carbocycles. The largest absolute Gasteiger partial charge is 0.326 e. The third kappa shape index (κ3) is 7.96. The predicted molar refractivity (Wildman–Crippen MR) is 139 cm³/mol. The van der Waals surface area contributed by atoms with Crippen molar-refractivity contribution in [1.82, 2.24) is 0 Å². The van der Waals surface area contributed by atoms with E-state index >= 15 is 0 Å². The molecule has 0 saturated heterocycles. The number of benzene rings is 3. The molecule has 0 atom stereocenters.